The molecule has 0 aliphatic heterocycles. The van der Waals surface area contributed by atoms with Crippen molar-refractivity contribution in [3.63, 3.8) is 0 Å². The molecule has 1 N–H and O–H groups in total. The summed E-state index contributed by atoms with van der Waals surface area (Å²) >= 11 is 1.62. The fourth-order valence-electron chi connectivity index (χ4n) is 2.70. The number of hydrogen-bond acceptors (Lipinski definition) is 4. The van der Waals surface area contributed by atoms with E-state index in [1.54, 1.807) is 23.5 Å². The predicted molar refractivity (Wildman–Crippen MR) is 96.4 cm³/mol. The van der Waals surface area contributed by atoms with Crippen molar-refractivity contribution in [2.24, 2.45) is 0 Å². The van der Waals surface area contributed by atoms with Crippen molar-refractivity contribution in [3.8, 4) is 16.3 Å². The Balaban J connectivity index is 2.04. The Morgan fingerprint density at radius 3 is 2.48 bits per heavy atom. The molecule has 1 aromatic carbocycles. The van der Waals surface area contributed by atoms with Crippen LogP contribution in [0, 0.1) is 0 Å². The Morgan fingerprint density at radius 2 is 1.88 bits per heavy atom. The summed E-state index contributed by atoms with van der Waals surface area (Å²) < 4.78 is 6.77. The normalized spacial score (nSPS) is 10.6. The van der Waals surface area contributed by atoms with Gasteiger partial charge >= 0.3 is 11.9 Å². The lowest BCUT2D eigenvalue weighted by molar-refractivity contribution is -0.136. The molecule has 0 fully saturated rings. The summed E-state index contributed by atoms with van der Waals surface area (Å²) in [7, 11) is 1.35. The molecule has 5 nitrogen and oxygen atoms in total. The molecule has 3 aromatic rings. The second-order valence-electron chi connectivity index (χ2n) is 5.45. The Kier molecular flexibility index (Phi) is 5.00. The number of rotatable bonds is 6. The number of benzene rings is 1. The zero-order valence-corrected chi connectivity index (χ0v) is 14.5. The first kappa shape index (κ1) is 17.0. The molecular weight excluding hydrogens is 338 g/mol. The molecular formula is C19H17NO4S. The highest BCUT2D eigenvalue weighted by Crippen LogP contribution is 2.30. The third-order valence-corrected chi connectivity index (χ3v) is 4.77. The third-order valence-electron chi connectivity index (χ3n) is 3.88. The predicted octanol–water partition coefficient (Wildman–Crippen LogP) is 4.01. The third kappa shape index (κ3) is 3.64. The van der Waals surface area contributed by atoms with Crippen molar-refractivity contribution in [3.05, 3.63) is 65.2 Å². The van der Waals surface area contributed by atoms with Gasteiger partial charge in [0.25, 0.3) is 0 Å². The van der Waals surface area contributed by atoms with Gasteiger partial charge in [-0.05, 0) is 54.3 Å². The fraction of sp³-hybridized carbons (Fsp3) is 0.158. The number of carboxylic acid groups (broad SMARTS) is 1. The van der Waals surface area contributed by atoms with E-state index in [2.05, 4.69) is 0 Å². The van der Waals surface area contributed by atoms with Crippen LogP contribution in [0.3, 0.4) is 0 Å². The molecule has 0 atom stereocenters. The molecule has 0 amide bonds. The minimum absolute atomic E-state index is 0.0636. The van der Waals surface area contributed by atoms with Crippen LogP contribution in [0.5, 0.6) is 0 Å². The monoisotopic (exact) mass is 355 g/mol. The summed E-state index contributed by atoms with van der Waals surface area (Å²) in [6.07, 6.45) is 0.494. The molecule has 0 aliphatic carbocycles. The van der Waals surface area contributed by atoms with Gasteiger partial charge in [-0.2, -0.15) is 0 Å². The van der Waals surface area contributed by atoms with Gasteiger partial charge in [-0.3, -0.25) is 4.79 Å². The van der Waals surface area contributed by atoms with Crippen LogP contribution in [0.25, 0.3) is 16.3 Å². The van der Waals surface area contributed by atoms with E-state index in [0.717, 1.165) is 22.0 Å². The van der Waals surface area contributed by atoms with Crippen molar-refractivity contribution in [2.75, 3.05) is 7.11 Å². The molecule has 0 radical (unpaired) electrons. The highest BCUT2D eigenvalue weighted by atomic mass is 32.1. The van der Waals surface area contributed by atoms with Gasteiger partial charge in [0, 0.05) is 11.4 Å². The van der Waals surface area contributed by atoms with Gasteiger partial charge < -0.3 is 14.4 Å². The van der Waals surface area contributed by atoms with Gasteiger partial charge in [0.15, 0.2) is 0 Å². The maximum Gasteiger partial charge on any atom is 0.337 e. The molecule has 0 saturated heterocycles. The van der Waals surface area contributed by atoms with E-state index in [1.165, 1.54) is 7.11 Å². The number of nitrogens with zero attached hydrogens (tertiary/aromatic N) is 1. The molecule has 3 rings (SSSR count). The molecule has 2 aromatic heterocycles. The van der Waals surface area contributed by atoms with Crippen LogP contribution >= 0.6 is 11.3 Å². The number of aromatic nitrogens is 1. The number of carbonyl (C=O) groups excluding carboxylic acids is 1. The molecule has 0 saturated carbocycles. The van der Waals surface area contributed by atoms with E-state index >= 15 is 0 Å². The molecule has 0 spiro atoms. The van der Waals surface area contributed by atoms with Crippen molar-refractivity contribution < 1.29 is 19.4 Å². The second kappa shape index (κ2) is 7.36. The van der Waals surface area contributed by atoms with E-state index in [-0.39, 0.29) is 12.4 Å². The molecule has 0 unspecified atom stereocenters. The van der Waals surface area contributed by atoms with Crippen LogP contribution in [0.15, 0.2) is 53.9 Å². The number of methoxy groups -OCH3 is 1. The molecule has 0 bridgehead atoms. The number of aliphatic carboxylic acids is 1. The van der Waals surface area contributed by atoms with Crippen molar-refractivity contribution >= 4 is 23.3 Å². The van der Waals surface area contributed by atoms with Crippen LogP contribution in [0.4, 0.5) is 0 Å². The summed E-state index contributed by atoms with van der Waals surface area (Å²) in [5.41, 5.74) is 3.27. The van der Waals surface area contributed by atoms with Crippen molar-refractivity contribution in [1.29, 1.82) is 0 Å². The number of carboxylic acids is 1. The first-order valence-electron chi connectivity index (χ1n) is 7.75. The highest BCUT2D eigenvalue weighted by molar-refractivity contribution is 7.13. The Bertz CT molecular complexity index is 879. The standard InChI is InChI=1S/C19H17NO4S/c1-24-19(23)13-4-6-14(7-5-13)20-15(9-11-18(21)22)8-10-16(20)17-3-2-12-25-17/h2-8,10,12H,9,11H2,1H3,(H,21,22). The lowest BCUT2D eigenvalue weighted by Gasteiger charge is -2.13. The lowest BCUT2D eigenvalue weighted by atomic mass is 10.2. The van der Waals surface area contributed by atoms with Crippen LogP contribution in [0.2, 0.25) is 0 Å². The number of aryl methyl sites for hydroxylation is 1. The summed E-state index contributed by atoms with van der Waals surface area (Å²) in [6.45, 7) is 0. The van der Waals surface area contributed by atoms with Gasteiger partial charge in [0.05, 0.1) is 29.7 Å². The highest BCUT2D eigenvalue weighted by Gasteiger charge is 2.14. The maximum atomic E-state index is 11.6. The van der Waals surface area contributed by atoms with Crippen LogP contribution < -0.4 is 0 Å². The Hall–Kier alpha value is -2.86. The zero-order valence-electron chi connectivity index (χ0n) is 13.6. The summed E-state index contributed by atoms with van der Waals surface area (Å²) in [5.74, 6) is -1.21. The molecule has 2 heterocycles. The van der Waals surface area contributed by atoms with Gasteiger partial charge in [-0.25, -0.2) is 4.79 Å². The van der Waals surface area contributed by atoms with Gasteiger partial charge in [-0.15, -0.1) is 11.3 Å². The number of hydrogen-bond donors (Lipinski definition) is 1. The first-order chi connectivity index (χ1) is 12.1. The molecule has 128 valence electrons. The SMILES string of the molecule is COC(=O)c1ccc(-n2c(CCC(=O)O)ccc2-c2cccs2)cc1. The van der Waals surface area contributed by atoms with Crippen molar-refractivity contribution in [1.82, 2.24) is 4.57 Å². The van der Waals surface area contributed by atoms with Crippen LogP contribution in [0.1, 0.15) is 22.5 Å². The minimum Gasteiger partial charge on any atom is -0.481 e. The van der Waals surface area contributed by atoms with Crippen LogP contribution in [-0.2, 0) is 16.0 Å². The van der Waals surface area contributed by atoms with Crippen LogP contribution in [-0.4, -0.2) is 28.7 Å². The molecule has 0 aliphatic rings. The van der Waals surface area contributed by atoms with E-state index in [4.69, 9.17) is 9.84 Å². The number of esters is 1. The van der Waals surface area contributed by atoms with E-state index in [1.807, 2.05) is 46.3 Å². The average molecular weight is 355 g/mol. The number of ether oxygens (including phenoxy) is 1. The second-order valence-corrected chi connectivity index (χ2v) is 6.40. The fourth-order valence-corrected chi connectivity index (χ4v) is 3.44. The largest absolute Gasteiger partial charge is 0.481 e. The van der Waals surface area contributed by atoms with Crippen molar-refractivity contribution in [2.45, 2.75) is 12.8 Å². The van der Waals surface area contributed by atoms with Gasteiger partial charge in [0.2, 0.25) is 0 Å². The molecule has 6 heteroatoms. The summed E-state index contributed by atoms with van der Waals surface area (Å²) in [6, 6.07) is 15.1. The van der Waals surface area contributed by atoms with E-state index in [9.17, 15) is 9.59 Å². The first-order valence-corrected chi connectivity index (χ1v) is 8.63. The number of carbonyl (C=O) groups is 2. The zero-order chi connectivity index (χ0) is 17.8. The Labute approximate surface area is 149 Å². The van der Waals surface area contributed by atoms with Gasteiger partial charge in [-0.1, -0.05) is 6.07 Å². The topological polar surface area (TPSA) is 68.5 Å². The quantitative estimate of drug-likeness (QED) is 0.678. The minimum atomic E-state index is -0.827. The molecule has 25 heavy (non-hydrogen) atoms. The Morgan fingerprint density at radius 1 is 1.12 bits per heavy atom. The van der Waals surface area contributed by atoms with E-state index in [0.29, 0.717) is 12.0 Å². The summed E-state index contributed by atoms with van der Waals surface area (Å²) in [4.78, 5) is 23.7. The maximum absolute atomic E-state index is 11.6. The lowest BCUT2D eigenvalue weighted by Crippen LogP contribution is -2.06. The smallest absolute Gasteiger partial charge is 0.337 e. The van der Waals surface area contributed by atoms with E-state index < -0.39 is 5.97 Å². The number of thiophene rings is 1. The summed E-state index contributed by atoms with van der Waals surface area (Å²) in [5, 5.41) is 11.0. The van der Waals surface area contributed by atoms with Gasteiger partial charge in [0.1, 0.15) is 0 Å². The average Bonchev–Trinajstić information content (AvgIpc) is 3.28.